The van der Waals surface area contributed by atoms with Crippen molar-refractivity contribution in [3.63, 3.8) is 0 Å². The molecule has 0 aliphatic carbocycles. The molecule has 0 aliphatic heterocycles. The molecule has 0 bridgehead atoms. The monoisotopic (exact) mass is 327 g/mol. The number of rotatable bonds is 3. The van der Waals surface area contributed by atoms with Gasteiger partial charge in [-0.2, -0.15) is 0 Å². The Hall–Kier alpha value is -1.53. The van der Waals surface area contributed by atoms with Crippen LogP contribution in [-0.4, -0.2) is 14.5 Å². The molecule has 1 atom stereocenters. The SMILES string of the molecule is Cc1ncc(Cn2c(C(C)Cl)nc3ccc(F)c(F)c32)s1. The predicted molar refractivity (Wildman–Crippen MR) is 79.9 cm³/mol. The van der Waals surface area contributed by atoms with Gasteiger partial charge in [0.15, 0.2) is 11.6 Å². The number of nitrogens with zero attached hydrogens (tertiary/aromatic N) is 3. The van der Waals surface area contributed by atoms with Gasteiger partial charge in [0.25, 0.3) is 0 Å². The van der Waals surface area contributed by atoms with E-state index in [-0.39, 0.29) is 5.52 Å². The highest BCUT2D eigenvalue weighted by molar-refractivity contribution is 7.11. The summed E-state index contributed by atoms with van der Waals surface area (Å²) in [7, 11) is 0. The number of thiazole rings is 1. The molecule has 21 heavy (non-hydrogen) atoms. The van der Waals surface area contributed by atoms with Crippen LogP contribution in [0.15, 0.2) is 18.3 Å². The number of fused-ring (bicyclic) bond motifs is 1. The molecule has 0 saturated heterocycles. The van der Waals surface area contributed by atoms with E-state index < -0.39 is 17.0 Å². The minimum atomic E-state index is -0.898. The van der Waals surface area contributed by atoms with Crippen LogP contribution in [0.4, 0.5) is 8.78 Å². The number of aromatic nitrogens is 3. The third-order valence-electron chi connectivity index (χ3n) is 3.17. The van der Waals surface area contributed by atoms with E-state index in [1.807, 2.05) is 6.92 Å². The molecule has 2 heterocycles. The van der Waals surface area contributed by atoms with Crippen molar-refractivity contribution in [2.75, 3.05) is 0 Å². The number of imidazole rings is 1. The first-order chi connectivity index (χ1) is 9.97. The fraction of sp³-hybridized carbons (Fsp3) is 0.286. The van der Waals surface area contributed by atoms with Crippen molar-refractivity contribution in [1.82, 2.24) is 14.5 Å². The number of alkyl halides is 1. The highest BCUT2D eigenvalue weighted by atomic mass is 35.5. The van der Waals surface area contributed by atoms with Gasteiger partial charge >= 0.3 is 0 Å². The summed E-state index contributed by atoms with van der Waals surface area (Å²) in [6.07, 6.45) is 1.73. The molecule has 0 aliphatic rings. The first kappa shape index (κ1) is 14.4. The van der Waals surface area contributed by atoms with Crippen LogP contribution in [0.1, 0.15) is 28.0 Å². The van der Waals surface area contributed by atoms with E-state index in [0.717, 1.165) is 16.0 Å². The van der Waals surface area contributed by atoms with E-state index in [4.69, 9.17) is 11.6 Å². The Labute approximate surface area is 129 Å². The number of aryl methyl sites for hydroxylation is 1. The Morgan fingerprint density at radius 2 is 2.14 bits per heavy atom. The average Bonchev–Trinajstić information content (AvgIpc) is 2.99. The molecule has 3 rings (SSSR count). The standard InChI is InChI=1S/C14H12ClF2N3S/c1-7(15)14-19-11-4-3-10(16)12(17)13(11)20(14)6-9-5-18-8(2)21-9/h3-5,7H,6H2,1-2H3. The molecule has 0 saturated carbocycles. The third-order valence-corrected chi connectivity index (χ3v) is 4.26. The summed E-state index contributed by atoms with van der Waals surface area (Å²) >= 11 is 7.64. The normalized spacial score (nSPS) is 13.0. The van der Waals surface area contributed by atoms with E-state index in [9.17, 15) is 8.78 Å². The van der Waals surface area contributed by atoms with Gasteiger partial charge in [-0.15, -0.1) is 22.9 Å². The van der Waals surface area contributed by atoms with Gasteiger partial charge in [-0.25, -0.2) is 18.7 Å². The molecule has 3 nitrogen and oxygen atoms in total. The average molecular weight is 328 g/mol. The van der Waals surface area contributed by atoms with Crippen molar-refractivity contribution < 1.29 is 8.78 Å². The second kappa shape index (κ2) is 5.35. The highest BCUT2D eigenvalue weighted by Gasteiger charge is 2.20. The van der Waals surface area contributed by atoms with Crippen molar-refractivity contribution in [3.05, 3.63) is 45.7 Å². The van der Waals surface area contributed by atoms with Crippen LogP contribution in [-0.2, 0) is 6.54 Å². The number of benzene rings is 1. The van der Waals surface area contributed by atoms with E-state index in [0.29, 0.717) is 17.9 Å². The summed E-state index contributed by atoms with van der Waals surface area (Å²) in [4.78, 5) is 9.44. The second-order valence-corrected chi connectivity index (χ2v) is 6.72. The van der Waals surface area contributed by atoms with E-state index in [1.54, 1.807) is 17.7 Å². The molecule has 2 aromatic heterocycles. The minimum absolute atomic E-state index is 0.142. The Kier molecular flexibility index (Phi) is 3.67. The van der Waals surface area contributed by atoms with Gasteiger partial charge in [-0.1, -0.05) is 0 Å². The molecular formula is C14H12ClF2N3S. The van der Waals surface area contributed by atoms with Gasteiger partial charge in [-0.05, 0) is 26.0 Å². The lowest BCUT2D eigenvalue weighted by Crippen LogP contribution is -2.06. The molecule has 0 spiro atoms. The van der Waals surface area contributed by atoms with Crippen molar-refractivity contribution >= 4 is 34.0 Å². The lowest BCUT2D eigenvalue weighted by molar-refractivity contribution is 0.512. The van der Waals surface area contributed by atoms with Crippen LogP contribution in [0.25, 0.3) is 11.0 Å². The van der Waals surface area contributed by atoms with Crippen LogP contribution in [0, 0.1) is 18.6 Å². The number of hydrogen-bond donors (Lipinski definition) is 0. The quantitative estimate of drug-likeness (QED) is 0.666. The molecule has 1 aromatic carbocycles. The van der Waals surface area contributed by atoms with Crippen LogP contribution < -0.4 is 0 Å². The van der Waals surface area contributed by atoms with Crippen molar-refractivity contribution in [2.24, 2.45) is 0 Å². The zero-order valence-corrected chi connectivity index (χ0v) is 13.0. The lowest BCUT2D eigenvalue weighted by Gasteiger charge is -2.09. The fourth-order valence-electron chi connectivity index (χ4n) is 2.27. The Bertz CT molecular complexity index is 810. The maximum absolute atomic E-state index is 14.2. The predicted octanol–water partition coefficient (Wildman–Crippen LogP) is 4.43. The minimum Gasteiger partial charge on any atom is -0.319 e. The van der Waals surface area contributed by atoms with Crippen molar-refractivity contribution in [2.45, 2.75) is 25.8 Å². The summed E-state index contributed by atoms with van der Waals surface area (Å²) in [5.41, 5.74) is 0.543. The molecular weight excluding hydrogens is 316 g/mol. The van der Waals surface area contributed by atoms with Gasteiger partial charge in [0, 0.05) is 11.1 Å². The zero-order valence-electron chi connectivity index (χ0n) is 11.4. The van der Waals surface area contributed by atoms with Crippen LogP contribution in [0.3, 0.4) is 0 Å². The highest BCUT2D eigenvalue weighted by Crippen LogP contribution is 2.29. The van der Waals surface area contributed by atoms with E-state index in [1.165, 1.54) is 17.4 Å². The molecule has 0 amide bonds. The summed E-state index contributed by atoms with van der Waals surface area (Å²) in [6.45, 7) is 4.02. The van der Waals surface area contributed by atoms with Gasteiger partial charge in [0.1, 0.15) is 11.3 Å². The van der Waals surface area contributed by atoms with Crippen LogP contribution in [0.2, 0.25) is 0 Å². The summed E-state index contributed by atoms with van der Waals surface area (Å²) < 4.78 is 29.3. The Morgan fingerprint density at radius 3 is 2.76 bits per heavy atom. The zero-order chi connectivity index (χ0) is 15.1. The topological polar surface area (TPSA) is 30.7 Å². The number of hydrogen-bond acceptors (Lipinski definition) is 3. The van der Waals surface area contributed by atoms with Crippen LogP contribution >= 0.6 is 22.9 Å². The van der Waals surface area contributed by atoms with E-state index in [2.05, 4.69) is 9.97 Å². The summed E-state index contributed by atoms with van der Waals surface area (Å²) in [5, 5.41) is 0.510. The van der Waals surface area contributed by atoms with Crippen LogP contribution in [0.5, 0.6) is 0 Å². The van der Waals surface area contributed by atoms with E-state index >= 15 is 0 Å². The largest absolute Gasteiger partial charge is 0.319 e. The molecule has 1 unspecified atom stereocenters. The molecule has 3 aromatic rings. The third kappa shape index (κ3) is 2.53. The first-order valence-corrected chi connectivity index (χ1v) is 7.62. The second-order valence-electron chi connectivity index (χ2n) is 4.75. The van der Waals surface area contributed by atoms with Crippen molar-refractivity contribution in [3.8, 4) is 0 Å². The van der Waals surface area contributed by atoms with Gasteiger partial charge in [0.2, 0.25) is 0 Å². The van der Waals surface area contributed by atoms with Gasteiger partial charge in [-0.3, -0.25) is 0 Å². The smallest absolute Gasteiger partial charge is 0.184 e. The molecule has 0 N–H and O–H groups in total. The number of halogens is 3. The summed E-state index contributed by atoms with van der Waals surface area (Å²) in [6, 6.07) is 2.54. The molecule has 7 heteroatoms. The maximum atomic E-state index is 14.2. The Balaban J connectivity index is 2.22. The maximum Gasteiger partial charge on any atom is 0.184 e. The molecule has 110 valence electrons. The molecule has 0 radical (unpaired) electrons. The van der Waals surface area contributed by atoms with Gasteiger partial charge in [0.05, 0.1) is 22.4 Å². The van der Waals surface area contributed by atoms with Gasteiger partial charge < -0.3 is 4.57 Å². The summed E-state index contributed by atoms with van der Waals surface area (Å²) in [5.74, 6) is -1.27. The Morgan fingerprint density at radius 1 is 1.38 bits per heavy atom. The van der Waals surface area contributed by atoms with Crippen molar-refractivity contribution in [1.29, 1.82) is 0 Å². The first-order valence-electron chi connectivity index (χ1n) is 6.37. The fourth-order valence-corrected chi connectivity index (χ4v) is 3.22. The lowest BCUT2D eigenvalue weighted by atomic mass is 10.3. The molecule has 0 fully saturated rings.